The summed E-state index contributed by atoms with van der Waals surface area (Å²) in [5.41, 5.74) is 0. The fraction of sp³-hybridized carbons (Fsp3) is 0.700. The van der Waals surface area contributed by atoms with Gasteiger partial charge in [-0.05, 0) is 24.2 Å². The van der Waals surface area contributed by atoms with E-state index in [9.17, 15) is 4.79 Å². The Morgan fingerprint density at radius 3 is 2.67 bits per heavy atom. The van der Waals surface area contributed by atoms with E-state index < -0.39 is 5.97 Å². The Bertz CT molecular complexity index is 196. The lowest BCUT2D eigenvalue weighted by molar-refractivity contribution is -0.137. The first-order valence-electron chi connectivity index (χ1n) is 4.49. The van der Waals surface area contributed by atoms with Gasteiger partial charge < -0.3 is 5.11 Å². The Kier molecular flexibility index (Phi) is 2.90. The molecule has 0 heterocycles. The molecule has 0 spiro atoms. The Balaban J connectivity index is 2.49. The van der Waals surface area contributed by atoms with E-state index in [1.165, 1.54) is 0 Å². The molecule has 3 atom stereocenters. The summed E-state index contributed by atoms with van der Waals surface area (Å²) in [4.78, 5) is 10.4. The van der Waals surface area contributed by atoms with Crippen molar-refractivity contribution in [3.8, 4) is 0 Å². The Morgan fingerprint density at radius 1 is 1.50 bits per heavy atom. The van der Waals surface area contributed by atoms with E-state index in [1.807, 2.05) is 0 Å². The third-order valence-electron chi connectivity index (χ3n) is 2.70. The Morgan fingerprint density at radius 2 is 2.17 bits per heavy atom. The van der Waals surface area contributed by atoms with Crippen LogP contribution in [0.4, 0.5) is 0 Å². The fourth-order valence-corrected chi connectivity index (χ4v) is 1.67. The smallest absolute Gasteiger partial charge is 0.303 e. The summed E-state index contributed by atoms with van der Waals surface area (Å²) >= 11 is 0. The van der Waals surface area contributed by atoms with Gasteiger partial charge in [0, 0.05) is 0 Å². The number of hydrogen-bond donors (Lipinski definition) is 1. The van der Waals surface area contributed by atoms with Gasteiger partial charge in [0.2, 0.25) is 0 Å². The number of aliphatic carboxylic acids is 1. The van der Waals surface area contributed by atoms with Gasteiger partial charge in [-0.15, -0.1) is 0 Å². The number of allylic oxidation sites excluding steroid dienone is 2. The second kappa shape index (κ2) is 3.74. The van der Waals surface area contributed by atoms with Crippen LogP contribution in [0.5, 0.6) is 0 Å². The molecule has 3 unspecified atom stereocenters. The van der Waals surface area contributed by atoms with Crippen LogP contribution >= 0.6 is 0 Å². The first-order valence-corrected chi connectivity index (χ1v) is 4.49. The van der Waals surface area contributed by atoms with Gasteiger partial charge >= 0.3 is 5.97 Å². The van der Waals surface area contributed by atoms with Crippen molar-refractivity contribution in [2.45, 2.75) is 26.7 Å². The van der Waals surface area contributed by atoms with Gasteiger partial charge in [0.05, 0.1) is 6.42 Å². The van der Waals surface area contributed by atoms with E-state index in [0.29, 0.717) is 11.8 Å². The average Bonchev–Trinajstić information content (AvgIpc) is 1.96. The van der Waals surface area contributed by atoms with Gasteiger partial charge in [-0.2, -0.15) is 0 Å². The molecule has 1 aliphatic carbocycles. The van der Waals surface area contributed by atoms with Crippen molar-refractivity contribution in [1.82, 2.24) is 0 Å². The van der Waals surface area contributed by atoms with E-state index in [4.69, 9.17) is 5.11 Å². The Hall–Kier alpha value is -0.790. The first-order chi connectivity index (χ1) is 5.59. The van der Waals surface area contributed by atoms with Crippen LogP contribution < -0.4 is 0 Å². The maximum atomic E-state index is 10.4. The summed E-state index contributed by atoms with van der Waals surface area (Å²) in [6.07, 6.45) is 5.50. The summed E-state index contributed by atoms with van der Waals surface area (Å²) in [6, 6.07) is 0. The van der Waals surface area contributed by atoms with Crippen molar-refractivity contribution in [3.63, 3.8) is 0 Å². The number of carboxylic acids is 1. The molecule has 0 aromatic carbocycles. The highest BCUT2D eigenvalue weighted by atomic mass is 16.4. The van der Waals surface area contributed by atoms with E-state index >= 15 is 0 Å². The maximum Gasteiger partial charge on any atom is 0.303 e. The third-order valence-corrected chi connectivity index (χ3v) is 2.70. The molecule has 68 valence electrons. The minimum atomic E-state index is -0.689. The van der Waals surface area contributed by atoms with Crippen molar-refractivity contribution in [1.29, 1.82) is 0 Å². The monoisotopic (exact) mass is 168 g/mol. The molecule has 2 nitrogen and oxygen atoms in total. The summed E-state index contributed by atoms with van der Waals surface area (Å²) in [5, 5.41) is 8.58. The molecule has 0 saturated heterocycles. The second-order valence-corrected chi connectivity index (χ2v) is 3.81. The average molecular weight is 168 g/mol. The van der Waals surface area contributed by atoms with Gasteiger partial charge in [0.1, 0.15) is 0 Å². The molecule has 0 saturated carbocycles. The molecule has 0 fully saturated rings. The largest absolute Gasteiger partial charge is 0.481 e. The highest BCUT2D eigenvalue weighted by Gasteiger charge is 2.21. The molecule has 2 heteroatoms. The van der Waals surface area contributed by atoms with Crippen LogP contribution in [0.1, 0.15) is 26.7 Å². The summed E-state index contributed by atoms with van der Waals surface area (Å²) in [7, 11) is 0. The molecule has 12 heavy (non-hydrogen) atoms. The molecule has 1 aliphatic rings. The fourth-order valence-electron chi connectivity index (χ4n) is 1.67. The summed E-state index contributed by atoms with van der Waals surface area (Å²) < 4.78 is 0. The standard InChI is InChI=1S/C10H16O2/c1-7-3-4-9(5-8(7)2)6-10(11)12/h3-4,7-9H,5-6H2,1-2H3,(H,11,12). The number of carbonyl (C=O) groups is 1. The minimum Gasteiger partial charge on any atom is -0.481 e. The van der Waals surface area contributed by atoms with Crippen LogP contribution in [-0.4, -0.2) is 11.1 Å². The third kappa shape index (κ3) is 2.36. The lowest BCUT2D eigenvalue weighted by atomic mass is 9.80. The topological polar surface area (TPSA) is 37.3 Å². The van der Waals surface area contributed by atoms with Crippen LogP contribution in [0.25, 0.3) is 0 Å². The molecular weight excluding hydrogens is 152 g/mol. The predicted octanol–water partition coefficient (Wildman–Crippen LogP) is 2.31. The van der Waals surface area contributed by atoms with Crippen LogP contribution in [0.15, 0.2) is 12.2 Å². The van der Waals surface area contributed by atoms with Crippen molar-refractivity contribution in [2.75, 3.05) is 0 Å². The number of carboxylic acid groups (broad SMARTS) is 1. The molecular formula is C10H16O2. The number of hydrogen-bond acceptors (Lipinski definition) is 1. The van der Waals surface area contributed by atoms with E-state index in [0.717, 1.165) is 6.42 Å². The minimum absolute atomic E-state index is 0.258. The van der Waals surface area contributed by atoms with Crippen LogP contribution in [-0.2, 0) is 4.79 Å². The highest BCUT2D eigenvalue weighted by molar-refractivity contribution is 5.67. The molecule has 1 rings (SSSR count). The first kappa shape index (κ1) is 9.30. The van der Waals surface area contributed by atoms with Crippen molar-refractivity contribution in [2.24, 2.45) is 17.8 Å². The maximum absolute atomic E-state index is 10.4. The van der Waals surface area contributed by atoms with Gasteiger partial charge in [-0.3, -0.25) is 4.79 Å². The highest BCUT2D eigenvalue weighted by Crippen LogP contribution is 2.29. The van der Waals surface area contributed by atoms with Gasteiger partial charge in [0.25, 0.3) is 0 Å². The summed E-state index contributed by atoms with van der Waals surface area (Å²) in [6.45, 7) is 4.36. The second-order valence-electron chi connectivity index (χ2n) is 3.81. The molecule has 0 aromatic heterocycles. The molecule has 0 amide bonds. The van der Waals surface area contributed by atoms with Gasteiger partial charge in [0.15, 0.2) is 0 Å². The zero-order valence-corrected chi connectivity index (χ0v) is 7.66. The van der Waals surface area contributed by atoms with Crippen molar-refractivity contribution >= 4 is 5.97 Å². The van der Waals surface area contributed by atoms with E-state index in [-0.39, 0.29) is 12.3 Å². The summed E-state index contributed by atoms with van der Waals surface area (Å²) in [5.74, 6) is 0.800. The molecule has 0 radical (unpaired) electrons. The van der Waals surface area contributed by atoms with Gasteiger partial charge in [-0.25, -0.2) is 0 Å². The molecule has 1 N–H and O–H groups in total. The van der Waals surface area contributed by atoms with Crippen LogP contribution in [0.3, 0.4) is 0 Å². The molecule has 0 aliphatic heterocycles. The quantitative estimate of drug-likeness (QED) is 0.642. The SMILES string of the molecule is CC1C=CC(CC(=O)O)CC1C. The predicted molar refractivity (Wildman–Crippen MR) is 47.8 cm³/mol. The normalized spacial score (nSPS) is 35.0. The zero-order valence-electron chi connectivity index (χ0n) is 7.66. The molecule has 0 bridgehead atoms. The van der Waals surface area contributed by atoms with Crippen LogP contribution in [0, 0.1) is 17.8 Å². The van der Waals surface area contributed by atoms with Crippen molar-refractivity contribution < 1.29 is 9.90 Å². The van der Waals surface area contributed by atoms with Gasteiger partial charge in [-0.1, -0.05) is 26.0 Å². The lowest BCUT2D eigenvalue weighted by Crippen LogP contribution is -2.18. The molecule has 0 aromatic rings. The van der Waals surface area contributed by atoms with E-state index in [1.54, 1.807) is 0 Å². The number of rotatable bonds is 2. The van der Waals surface area contributed by atoms with Crippen molar-refractivity contribution in [3.05, 3.63) is 12.2 Å². The lowest BCUT2D eigenvalue weighted by Gasteiger charge is -2.25. The Labute approximate surface area is 73.3 Å². The van der Waals surface area contributed by atoms with Crippen LogP contribution in [0.2, 0.25) is 0 Å². The zero-order chi connectivity index (χ0) is 9.14. The van der Waals surface area contributed by atoms with E-state index in [2.05, 4.69) is 26.0 Å².